The van der Waals surface area contributed by atoms with Crippen LogP contribution in [-0.2, 0) is 23.0 Å². The first-order valence-electron chi connectivity index (χ1n) is 6.83. The highest BCUT2D eigenvalue weighted by Crippen LogP contribution is 2.15. The molecule has 0 aromatic carbocycles. The van der Waals surface area contributed by atoms with Crippen molar-refractivity contribution in [2.75, 3.05) is 0 Å². The molecule has 0 spiro atoms. The fourth-order valence-corrected chi connectivity index (χ4v) is 2.92. The summed E-state index contributed by atoms with van der Waals surface area (Å²) in [7, 11) is -3.66. The Bertz CT molecular complexity index is 691. The van der Waals surface area contributed by atoms with Gasteiger partial charge in [0.15, 0.2) is 5.82 Å². The molecule has 9 heteroatoms. The molecule has 21 heavy (non-hydrogen) atoms. The Labute approximate surface area is 123 Å². The largest absolute Gasteiger partial charge is 0.338 e. The molecule has 2 aromatic rings. The summed E-state index contributed by atoms with van der Waals surface area (Å²) in [6, 6.07) is -0.600. The van der Waals surface area contributed by atoms with Crippen LogP contribution in [0.15, 0.2) is 21.8 Å². The van der Waals surface area contributed by atoms with Gasteiger partial charge in [-0.1, -0.05) is 19.0 Å². The van der Waals surface area contributed by atoms with Crippen LogP contribution < -0.4 is 4.72 Å². The molecule has 116 valence electrons. The van der Waals surface area contributed by atoms with Crippen molar-refractivity contribution in [1.29, 1.82) is 0 Å². The van der Waals surface area contributed by atoms with Crippen LogP contribution in [0.25, 0.3) is 0 Å². The maximum atomic E-state index is 12.3. The summed E-state index contributed by atoms with van der Waals surface area (Å²) in [6.07, 6.45) is 4.35. The maximum absolute atomic E-state index is 12.3. The first kappa shape index (κ1) is 15.6. The number of aromatic nitrogens is 4. The van der Waals surface area contributed by atoms with Crippen molar-refractivity contribution in [2.45, 2.75) is 51.1 Å². The molecule has 8 nitrogen and oxygen atoms in total. The van der Waals surface area contributed by atoms with Crippen molar-refractivity contribution in [3.8, 4) is 0 Å². The first-order chi connectivity index (χ1) is 9.96. The molecular weight excluding hydrogens is 294 g/mol. The van der Waals surface area contributed by atoms with E-state index in [2.05, 4.69) is 20.0 Å². The van der Waals surface area contributed by atoms with Gasteiger partial charge in [-0.3, -0.25) is 4.68 Å². The van der Waals surface area contributed by atoms with Crippen molar-refractivity contribution in [3.63, 3.8) is 0 Å². The minimum absolute atomic E-state index is 0.123. The summed E-state index contributed by atoms with van der Waals surface area (Å²) in [5.41, 5.74) is 0. The Hall–Kier alpha value is -1.74. The molecule has 0 amide bonds. The van der Waals surface area contributed by atoms with Crippen molar-refractivity contribution >= 4 is 10.0 Å². The van der Waals surface area contributed by atoms with Gasteiger partial charge in [0.25, 0.3) is 0 Å². The van der Waals surface area contributed by atoms with E-state index in [1.165, 1.54) is 12.4 Å². The summed E-state index contributed by atoms with van der Waals surface area (Å²) in [5.74, 6) is 0.795. The molecule has 2 rings (SSSR count). The highest BCUT2D eigenvalue weighted by molar-refractivity contribution is 7.89. The lowest BCUT2D eigenvalue weighted by Gasteiger charge is -2.08. The van der Waals surface area contributed by atoms with Gasteiger partial charge in [0.05, 0.1) is 12.2 Å². The number of sulfonamides is 1. The summed E-state index contributed by atoms with van der Waals surface area (Å²) >= 11 is 0. The second-order valence-corrected chi connectivity index (χ2v) is 6.40. The highest BCUT2D eigenvalue weighted by Gasteiger charge is 2.23. The third-order valence-electron chi connectivity index (χ3n) is 2.87. The lowest BCUT2D eigenvalue weighted by atomic mass is 10.4. The minimum atomic E-state index is -3.66. The molecule has 1 unspecified atom stereocenters. The van der Waals surface area contributed by atoms with Crippen LogP contribution in [0, 0.1) is 0 Å². The fraction of sp³-hybridized carbons (Fsp3) is 0.583. The molecule has 2 aromatic heterocycles. The predicted molar refractivity (Wildman–Crippen MR) is 74.9 cm³/mol. The average molecular weight is 313 g/mol. The van der Waals surface area contributed by atoms with E-state index >= 15 is 0 Å². The van der Waals surface area contributed by atoms with E-state index < -0.39 is 16.1 Å². The standard InChI is InChI=1S/C12H19N5O3S/c1-4-6-17-8-10(7-13-17)21(18,19)16-9(3)12-14-11(5-2)15-20-12/h7-9,16H,4-6H2,1-3H3. The lowest BCUT2D eigenvalue weighted by molar-refractivity contribution is 0.350. The summed E-state index contributed by atoms with van der Waals surface area (Å²) < 4.78 is 33.6. The quantitative estimate of drug-likeness (QED) is 0.826. The number of hydrogen-bond donors (Lipinski definition) is 1. The molecule has 2 heterocycles. The zero-order valence-corrected chi connectivity index (χ0v) is 13.1. The van der Waals surface area contributed by atoms with E-state index in [9.17, 15) is 8.42 Å². The minimum Gasteiger partial charge on any atom is -0.338 e. The van der Waals surface area contributed by atoms with Gasteiger partial charge in [0.1, 0.15) is 4.90 Å². The van der Waals surface area contributed by atoms with Gasteiger partial charge in [0.2, 0.25) is 15.9 Å². The number of nitrogens with zero attached hydrogens (tertiary/aromatic N) is 4. The van der Waals surface area contributed by atoms with Crippen molar-refractivity contribution in [1.82, 2.24) is 24.6 Å². The lowest BCUT2D eigenvalue weighted by Crippen LogP contribution is -2.26. The van der Waals surface area contributed by atoms with E-state index in [-0.39, 0.29) is 10.8 Å². The van der Waals surface area contributed by atoms with E-state index in [4.69, 9.17) is 4.52 Å². The maximum Gasteiger partial charge on any atom is 0.244 e. The number of aryl methyl sites for hydroxylation is 2. The van der Waals surface area contributed by atoms with Gasteiger partial charge in [-0.2, -0.15) is 14.8 Å². The first-order valence-corrected chi connectivity index (χ1v) is 8.31. The van der Waals surface area contributed by atoms with E-state index in [0.717, 1.165) is 6.42 Å². The van der Waals surface area contributed by atoms with Crippen molar-refractivity contribution in [2.24, 2.45) is 0 Å². The molecule has 0 saturated heterocycles. The predicted octanol–water partition coefficient (Wildman–Crippen LogP) is 1.28. The van der Waals surface area contributed by atoms with Crippen LogP contribution in [0.5, 0.6) is 0 Å². The average Bonchev–Trinajstić information content (AvgIpc) is 3.07. The Balaban J connectivity index is 2.12. The van der Waals surface area contributed by atoms with Crippen LogP contribution in [0.4, 0.5) is 0 Å². The van der Waals surface area contributed by atoms with Gasteiger partial charge in [0, 0.05) is 19.2 Å². The summed E-state index contributed by atoms with van der Waals surface area (Å²) in [4.78, 5) is 4.24. The third-order valence-corrected chi connectivity index (χ3v) is 4.37. The molecule has 0 aliphatic heterocycles. The van der Waals surface area contributed by atoms with E-state index in [1.807, 2.05) is 13.8 Å². The topological polar surface area (TPSA) is 103 Å². The van der Waals surface area contributed by atoms with Gasteiger partial charge < -0.3 is 4.52 Å². The number of nitrogens with one attached hydrogen (secondary N) is 1. The monoisotopic (exact) mass is 313 g/mol. The van der Waals surface area contributed by atoms with Gasteiger partial charge in [-0.05, 0) is 13.3 Å². The van der Waals surface area contributed by atoms with Crippen molar-refractivity contribution in [3.05, 3.63) is 24.1 Å². The molecule has 0 saturated carbocycles. The van der Waals surface area contributed by atoms with Crippen LogP contribution in [-0.4, -0.2) is 28.3 Å². The normalized spacial score (nSPS) is 13.5. The zero-order valence-electron chi connectivity index (χ0n) is 12.3. The molecule has 1 atom stereocenters. The Morgan fingerprint density at radius 2 is 2.19 bits per heavy atom. The zero-order chi connectivity index (χ0) is 15.5. The van der Waals surface area contributed by atoms with Crippen LogP contribution in [0.2, 0.25) is 0 Å². The van der Waals surface area contributed by atoms with Crippen LogP contribution in [0.3, 0.4) is 0 Å². The highest BCUT2D eigenvalue weighted by atomic mass is 32.2. The fourth-order valence-electron chi connectivity index (χ4n) is 1.77. The molecule has 0 aliphatic carbocycles. The second kappa shape index (κ2) is 6.35. The molecule has 0 bridgehead atoms. The number of hydrogen-bond acceptors (Lipinski definition) is 6. The van der Waals surface area contributed by atoms with Gasteiger partial charge >= 0.3 is 0 Å². The smallest absolute Gasteiger partial charge is 0.244 e. The third kappa shape index (κ3) is 3.67. The van der Waals surface area contributed by atoms with Crippen LogP contribution >= 0.6 is 0 Å². The molecular formula is C12H19N5O3S. The van der Waals surface area contributed by atoms with Crippen molar-refractivity contribution < 1.29 is 12.9 Å². The van der Waals surface area contributed by atoms with Crippen LogP contribution in [0.1, 0.15) is 44.9 Å². The SMILES string of the molecule is CCCn1cc(S(=O)(=O)NC(C)c2nc(CC)no2)cn1. The Morgan fingerprint density at radius 3 is 2.81 bits per heavy atom. The number of rotatable bonds is 7. The summed E-state index contributed by atoms with van der Waals surface area (Å²) in [6.45, 7) is 6.22. The molecule has 0 fully saturated rings. The second-order valence-electron chi connectivity index (χ2n) is 4.68. The molecule has 1 N–H and O–H groups in total. The van der Waals surface area contributed by atoms with E-state index in [0.29, 0.717) is 18.8 Å². The Morgan fingerprint density at radius 1 is 1.43 bits per heavy atom. The summed E-state index contributed by atoms with van der Waals surface area (Å²) in [5, 5.41) is 7.77. The van der Waals surface area contributed by atoms with Gasteiger partial charge in [-0.15, -0.1) is 0 Å². The Kier molecular flexibility index (Phi) is 4.73. The van der Waals surface area contributed by atoms with E-state index in [1.54, 1.807) is 11.6 Å². The molecule has 0 aliphatic rings. The van der Waals surface area contributed by atoms with Gasteiger partial charge in [-0.25, -0.2) is 8.42 Å². The molecule has 0 radical (unpaired) electrons.